The van der Waals surface area contributed by atoms with E-state index in [-0.39, 0.29) is 34.0 Å². The van der Waals surface area contributed by atoms with Crippen LogP contribution in [0, 0.1) is 11.8 Å². The molecule has 0 saturated carbocycles. The molecule has 12 nitrogen and oxygen atoms in total. The molecule has 0 unspecified atom stereocenters. The van der Waals surface area contributed by atoms with Gasteiger partial charge in [-0.05, 0) is 44.7 Å². The summed E-state index contributed by atoms with van der Waals surface area (Å²) in [5.74, 6) is 1.26. The van der Waals surface area contributed by atoms with Crippen LogP contribution in [0.5, 0.6) is 0 Å². The molecule has 0 amide bonds. The molecule has 2 aromatic rings. The van der Waals surface area contributed by atoms with E-state index in [4.69, 9.17) is 9.47 Å². The number of nitrogens with one attached hydrogen (secondary N) is 2. The Morgan fingerprint density at radius 1 is 0.806 bits per heavy atom. The number of rotatable bonds is 9. The van der Waals surface area contributed by atoms with Gasteiger partial charge >= 0.3 is 11.4 Å². The van der Waals surface area contributed by atoms with Gasteiger partial charge in [0.25, 0.3) is 11.1 Å². The topological polar surface area (TPSA) is 169 Å². The lowest BCUT2D eigenvalue weighted by molar-refractivity contribution is -0.0311. The van der Waals surface area contributed by atoms with Gasteiger partial charge in [0.1, 0.15) is 12.5 Å². The van der Waals surface area contributed by atoms with Gasteiger partial charge in [-0.3, -0.25) is 28.7 Å². The van der Waals surface area contributed by atoms with E-state index in [1.807, 2.05) is 0 Å². The molecule has 36 heavy (non-hydrogen) atoms. The molecule has 0 radical (unpaired) electrons. The Hall–Kier alpha value is -1.14. The van der Waals surface area contributed by atoms with Crippen molar-refractivity contribution in [2.75, 3.05) is 24.7 Å². The predicted molar refractivity (Wildman–Crippen MR) is 141 cm³/mol. The number of aromatic nitrogens is 4. The molecule has 2 aliphatic rings. The summed E-state index contributed by atoms with van der Waals surface area (Å²) in [5.41, 5.74) is -2.19. The average Bonchev–Trinajstić information content (AvgIpc) is 3.45. The summed E-state index contributed by atoms with van der Waals surface area (Å²) in [6, 6.07) is 0. The van der Waals surface area contributed by atoms with Crippen LogP contribution in [-0.4, -0.2) is 66.2 Å². The van der Waals surface area contributed by atoms with E-state index in [2.05, 4.69) is 41.8 Å². The van der Waals surface area contributed by atoms with E-state index in [9.17, 15) is 29.4 Å². The summed E-state index contributed by atoms with van der Waals surface area (Å²) in [6.07, 6.45) is 1.67. The van der Waals surface area contributed by atoms with Crippen molar-refractivity contribution in [3.8, 4) is 0 Å². The summed E-state index contributed by atoms with van der Waals surface area (Å²) in [7, 11) is 3.18. The van der Waals surface area contributed by atoms with E-state index < -0.39 is 47.2 Å². The molecular weight excluding hydrogens is 648 g/mol. The number of aliphatic hydroxyl groups excluding tert-OH is 2. The van der Waals surface area contributed by atoms with Gasteiger partial charge in [0.05, 0.1) is 34.4 Å². The van der Waals surface area contributed by atoms with Crippen molar-refractivity contribution >= 4 is 53.4 Å². The Bertz CT molecular complexity index is 1210. The van der Waals surface area contributed by atoms with Crippen LogP contribution in [0.4, 0.5) is 0 Å². The minimum absolute atomic E-state index is 0.0200. The summed E-state index contributed by atoms with van der Waals surface area (Å²) < 4.78 is 14.8. The zero-order chi connectivity index (χ0) is 26.0. The maximum Gasteiger partial charge on any atom is 0.330 e. The molecule has 0 aliphatic carbocycles. The van der Waals surface area contributed by atoms with Gasteiger partial charge in [-0.1, -0.05) is 21.6 Å². The minimum atomic E-state index is -0.601. The van der Waals surface area contributed by atoms with Crippen molar-refractivity contribution in [3.05, 3.63) is 63.0 Å². The minimum Gasteiger partial charge on any atom is -0.394 e. The van der Waals surface area contributed by atoms with Gasteiger partial charge < -0.3 is 19.7 Å². The van der Waals surface area contributed by atoms with Crippen LogP contribution in [0.25, 0.3) is 0 Å². The fraction of sp³-hybridized carbons (Fsp3) is 0.600. The smallest absolute Gasteiger partial charge is 0.330 e. The highest BCUT2D eigenvalue weighted by Crippen LogP contribution is 2.40. The van der Waals surface area contributed by atoms with Crippen LogP contribution in [0.1, 0.15) is 25.3 Å². The molecule has 0 spiro atoms. The first-order valence-electron chi connectivity index (χ1n) is 11.0. The molecule has 16 heteroatoms. The Balaban J connectivity index is 1.32. The number of aliphatic hydroxyl groups is 2. The van der Waals surface area contributed by atoms with E-state index >= 15 is 0 Å². The van der Waals surface area contributed by atoms with Gasteiger partial charge in [-0.15, -0.1) is 0 Å². The maximum atomic E-state index is 12.2. The Kier molecular flexibility index (Phi) is 9.41. The first-order chi connectivity index (χ1) is 17.2. The van der Waals surface area contributed by atoms with Crippen molar-refractivity contribution in [3.63, 3.8) is 0 Å². The molecule has 2 saturated heterocycles. The van der Waals surface area contributed by atoms with Crippen LogP contribution in [0.3, 0.4) is 0 Å². The zero-order valence-electron chi connectivity index (χ0n) is 18.7. The standard InChI is InChI=1S/C20H24Br2N4O8S2/c21-11-3-25(19(31)23-17(11)29)15-1-9(13(5-27)33-15)7-35-36-8-10-2-16(34-14(10)6-28)26-4-12(22)18(30)24-20(26)32/h3-4,9-10,13-16,27-28H,1-2,5-8H2,(H,23,29,31)(H,24,30,32)/t9-,10-,13-,14-,15-,16-/m1/s1. The molecule has 6 atom stereocenters. The third-order valence-corrected chi connectivity index (χ3v) is 9.94. The Labute approximate surface area is 228 Å². The number of halogens is 2. The molecular formula is C20H24Br2N4O8S2. The van der Waals surface area contributed by atoms with Gasteiger partial charge in [-0.2, -0.15) is 0 Å². The Morgan fingerprint density at radius 2 is 1.19 bits per heavy atom. The van der Waals surface area contributed by atoms with E-state index in [1.165, 1.54) is 21.5 Å². The highest BCUT2D eigenvalue weighted by Gasteiger charge is 2.38. The van der Waals surface area contributed by atoms with Crippen LogP contribution in [0.15, 0.2) is 40.5 Å². The third kappa shape index (κ3) is 6.11. The molecule has 4 heterocycles. The average molecular weight is 672 g/mol. The van der Waals surface area contributed by atoms with Crippen molar-refractivity contribution in [2.24, 2.45) is 11.8 Å². The van der Waals surface area contributed by atoms with E-state index in [0.717, 1.165) is 0 Å². The predicted octanol–water partition coefficient (Wildman–Crippen LogP) is 0.785. The van der Waals surface area contributed by atoms with Crippen molar-refractivity contribution < 1.29 is 19.7 Å². The number of hydrogen-bond acceptors (Lipinski definition) is 10. The molecule has 0 aromatic carbocycles. The highest BCUT2D eigenvalue weighted by atomic mass is 79.9. The van der Waals surface area contributed by atoms with Gasteiger partial charge in [-0.25, -0.2) is 9.59 Å². The van der Waals surface area contributed by atoms with E-state index in [1.54, 1.807) is 21.6 Å². The van der Waals surface area contributed by atoms with Crippen molar-refractivity contribution in [1.29, 1.82) is 0 Å². The summed E-state index contributed by atoms with van der Waals surface area (Å²) in [4.78, 5) is 52.1. The number of hydrogen-bond donors (Lipinski definition) is 4. The molecule has 4 rings (SSSR count). The first kappa shape index (κ1) is 27.9. The molecule has 2 aliphatic heterocycles. The largest absolute Gasteiger partial charge is 0.394 e. The number of nitrogens with zero attached hydrogens (tertiary/aromatic N) is 2. The Morgan fingerprint density at radius 3 is 1.56 bits per heavy atom. The molecule has 2 fully saturated rings. The normalized spacial score (nSPS) is 28.1. The quantitative estimate of drug-likeness (QED) is 0.221. The number of H-pyrrole nitrogens is 2. The molecule has 0 bridgehead atoms. The maximum absolute atomic E-state index is 12.2. The second-order valence-corrected chi connectivity index (χ2v) is 12.7. The van der Waals surface area contributed by atoms with Crippen LogP contribution < -0.4 is 22.5 Å². The second-order valence-electron chi connectivity index (χ2n) is 8.47. The van der Waals surface area contributed by atoms with Crippen LogP contribution in [-0.2, 0) is 9.47 Å². The summed E-state index contributed by atoms with van der Waals surface area (Å²) >= 11 is 6.24. The summed E-state index contributed by atoms with van der Waals surface area (Å²) in [5, 5.41) is 19.5. The van der Waals surface area contributed by atoms with Gasteiger partial charge in [0.2, 0.25) is 0 Å². The fourth-order valence-electron chi connectivity index (χ4n) is 4.27. The molecule has 2 aromatic heterocycles. The van der Waals surface area contributed by atoms with Crippen molar-refractivity contribution in [2.45, 2.75) is 37.5 Å². The molecule has 198 valence electrons. The lowest BCUT2D eigenvalue weighted by Crippen LogP contribution is -2.32. The van der Waals surface area contributed by atoms with Crippen molar-refractivity contribution in [1.82, 2.24) is 19.1 Å². The summed E-state index contributed by atoms with van der Waals surface area (Å²) in [6.45, 7) is -0.389. The van der Waals surface area contributed by atoms with Gasteiger partial charge in [0, 0.05) is 35.7 Å². The lowest BCUT2D eigenvalue weighted by Gasteiger charge is -2.17. The first-order valence-corrected chi connectivity index (χ1v) is 15.1. The number of ether oxygens (including phenoxy) is 2. The second kappa shape index (κ2) is 12.1. The monoisotopic (exact) mass is 670 g/mol. The van der Waals surface area contributed by atoms with Gasteiger partial charge in [0.15, 0.2) is 0 Å². The van der Waals surface area contributed by atoms with Crippen LogP contribution >= 0.6 is 53.4 Å². The van der Waals surface area contributed by atoms with E-state index in [0.29, 0.717) is 24.3 Å². The third-order valence-electron chi connectivity index (χ3n) is 6.20. The number of aromatic amines is 2. The highest BCUT2D eigenvalue weighted by molar-refractivity contribution is 9.10. The zero-order valence-corrected chi connectivity index (χ0v) is 23.5. The fourth-order valence-corrected chi connectivity index (χ4v) is 7.78. The molecule has 4 N–H and O–H groups in total. The lowest BCUT2D eigenvalue weighted by atomic mass is 10.0. The SMILES string of the molecule is O=c1[nH]c(=O)n([C@H]2C[C@H](CSSC[C@H]3C[C@H](n4cc(Br)c(=O)[nH]c4=O)O[C@@H]3CO)[C@@H](CO)O2)cc1Br. The van der Waals surface area contributed by atoms with Crippen LogP contribution in [0.2, 0.25) is 0 Å².